The zero-order chi connectivity index (χ0) is 22.5. The van der Waals surface area contributed by atoms with Gasteiger partial charge in [0.25, 0.3) is 21.7 Å². The Kier molecular flexibility index (Phi) is 5.64. The second-order valence-corrected chi connectivity index (χ2v) is 9.83. The summed E-state index contributed by atoms with van der Waals surface area (Å²) in [6, 6.07) is 4.64. The van der Waals surface area contributed by atoms with Gasteiger partial charge in [0.2, 0.25) is 5.13 Å². The molecule has 8 nitrogen and oxygen atoms in total. The summed E-state index contributed by atoms with van der Waals surface area (Å²) in [6.45, 7) is -0.296. The van der Waals surface area contributed by atoms with Crippen LogP contribution in [0, 0.1) is 5.82 Å². The highest BCUT2D eigenvalue weighted by atomic mass is 35.5. The lowest BCUT2D eigenvalue weighted by Gasteiger charge is -2.18. The van der Waals surface area contributed by atoms with Gasteiger partial charge in [-0.2, -0.15) is 4.37 Å². The van der Waals surface area contributed by atoms with E-state index >= 15 is 0 Å². The molecule has 0 spiro atoms. The van der Waals surface area contributed by atoms with Crippen LogP contribution in [0.1, 0.15) is 15.9 Å². The number of hydrogen-bond acceptors (Lipinski definition) is 7. The molecule has 0 saturated carbocycles. The number of aromatic nitrogens is 2. The third kappa shape index (κ3) is 3.87. The van der Waals surface area contributed by atoms with E-state index < -0.39 is 32.4 Å². The van der Waals surface area contributed by atoms with Gasteiger partial charge in [0.05, 0.1) is 27.8 Å². The van der Waals surface area contributed by atoms with Gasteiger partial charge in [0.1, 0.15) is 17.0 Å². The third-order valence-corrected chi connectivity index (χ3v) is 7.55. The number of carbonyl (C=O) groups is 2. The molecule has 0 aliphatic carbocycles. The topological polar surface area (TPSA) is 109 Å². The Morgan fingerprint density at radius 3 is 2.55 bits per heavy atom. The molecule has 4 rings (SSSR count). The number of carbonyl (C=O) groups excluding carboxylic acids is 2. The van der Waals surface area contributed by atoms with Crippen molar-refractivity contribution in [3.63, 3.8) is 0 Å². The van der Waals surface area contributed by atoms with E-state index in [4.69, 9.17) is 34.8 Å². The summed E-state index contributed by atoms with van der Waals surface area (Å²) in [5.41, 5.74) is 0.209. The smallest absolute Gasteiger partial charge is 0.299 e. The van der Waals surface area contributed by atoms with Crippen molar-refractivity contribution in [2.24, 2.45) is 0 Å². The molecule has 1 N–H and O–H groups in total. The maximum absolute atomic E-state index is 14.7. The lowest BCUT2D eigenvalue weighted by Crippen LogP contribution is -2.29. The van der Waals surface area contributed by atoms with E-state index in [0.29, 0.717) is 0 Å². The predicted molar refractivity (Wildman–Crippen MR) is 114 cm³/mol. The molecular weight excluding hydrogens is 514 g/mol. The summed E-state index contributed by atoms with van der Waals surface area (Å²) in [6.07, 6.45) is 1.14. The maximum atomic E-state index is 14.7. The molecule has 1 amide bonds. The summed E-state index contributed by atoms with van der Waals surface area (Å²) >= 11 is 18.9. The number of amides is 1. The predicted octanol–water partition coefficient (Wildman–Crippen LogP) is 4.17. The van der Waals surface area contributed by atoms with Crippen LogP contribution in [0.3, 0.4) is 0 Å². The molecular formula is C17H8Cl3FN4O4S2. The fourth-order valence-corrected chi connectivity index (χ4v) is 5.37. The number of fused-ring (bicyclic) bond motifs is 1. The lowest BCUT2D eigenvalue weighted by atomic mass is 10.1. The van der Waals surface area contributed by atoms with E-state index in [2.05, 4.69) is 14.1 Å². The molecule has 31 heavy (non-hydrogen) atoms. The SMILES string of the molecule is O=C1C(=O)N(Cc2cc(F)c(S(=O)(=O)Nc3ncns3)cc2Cl)c2ccc(Cl)c(Cl)c21. The zero-order valence-electron chi connectivity index (χ0n) is 14.9. The first-order valence-electron chi connectivity index (χ1n) is 8.21. The molecule has 1 aromatic heterocycles. The number of halogens is 4. The number of hydrogen-bond donors (Lipinski definition) is 1. The van der Waals surface area contributed by atoms with Crippen LogP contribution in [0.25, 0.3) is 0 Å². The van der Waals surface area contributed by atoms with E-state index in [1.807, 2.05) is 0 Å². The van der Waals surface area contributed by atoms with E-state index in [0.717, 1.165) is 34.9 Å². The van der Waals surface area contributed by atoms with Gasteiger partial charge < -0.3 is 4.90 Å². The molecule has 0 fully saturated rings. The first-order chi connectivity index (χ1) is 14.6. The molecule has 0 unspecified atom stereocenters. The molecule has 0 atom stereocenters. The van der Waals surface area contributed by atoms with Crippen molar-refractivity contribution in [2.45, 2.75) is 11.4 Å². The molecule has 160 valence electrons. The van der Waals surface area contributed by atoms with Crippen LogP contribution in [0.5, 0.6) is 0 Å². The molecule has 14 heteroatoms. The minimum atomic E-state index is -4.33. The van der Waals surface area contributed by atoms with Crippen molar-refractivity contribution in [3.05, 3.63) is 62.6 Å². The van der Waals surface area contributed by atoms with Crippen molar-refractivity contribution in [3.8, 4) is 0 Å². The number of ketones is 1. The number of Topliss-reactive ketones (excluding diaryl/α,β-unsaturated/α-hetero) is 1. The average molecular weight is 522 g/mol. The van der Waals surface area contributed by atoms with E-state index in [-0.39, 0.29) is 43.6 Å². The van der Waals surface area contributed by atoms with Crippen LogP contribution >= 0.6 is 46.3 Å². The summed E-state index contributed by atoms with van der Waals surface area (Å²) in [7, 11) is -4.33. The highest BCUT2D eigenvalue weighted by Crippen LogP contribution is 2.39. The Bertz CT molecular complexity index is 1350. The van der Waals surface area contributed by atoms with E-state index in [9.17, 15) is 22.4 Å². The van der Waals surface area contributed by atoms with Crippen LogP contribution in [0.4, 0.5) is 15.2 Å². The maximum Gasteiger partial charge on any atom is 0.299 e. The lowest BCUT2D eigenvalue weighted by molar-refractivity contribution is -0.114. The third-order valence-electron chi connectivity index (χ3n) is 4.33. The number of rotatable bonds is 5. The van der Waals surface area contributed by atoms with Crippen molar-refractivity contribution < 1.29 is 22.4 Å². The summed E-state index contributed by atoms with van der Waals surface area (Å²) in [5, 5.41) is -0.146. The highest BCUT2D eigenvalue weighted by Gasteiger charge is 2.38. The summed E-state index contributed by atoms with van der Waals surface area (Å²) in [4.78, 5) is 28.8. The number of nitrogens with one attached hydrogen (secondary N) is 1. The fourth-order valence-electron chi connectivity index (χ4n) is 2.93. The Balaban J connectivity index is 1.69. The monoisotopic (exact) mass is 520 g/mol. The van der Waals surface area contributed by atoms with E-state index in [1.165, 1.54) is 12.1 Å². The second-order valence-electron chi connectivity index (χ2n) is 6.20. The Labute approximate surface area is 193 Å². The highest BCUT2D eigenvalue weighted by molar-refractivity contribution is 7.93. The number of sulfonamides is 1. The number of anilines is 2. The van der Waals surface area contributed by atoms with Crippen molar-refractivity contribution in [2.75, 3.05) is 9.62 Å². The van der Waals surface area contributed by atoms with Crippen molar-refractivity contribution >= 4 is 78.9 Å². The standard InChI is InChI=1S/C17H8Cl3FN4O4S2/c18-8-1-2-11-13(14(8)20)15(26)16(27)25(11)5-7-3-10(21)12(4-9(7)19)31(28,29)24-17-22-6-23-30-17/h1-4,6H,5H2,(H,22,23,24). The van der Waals surface area contributed by atoms with Crippen LogP contribution in [-0.4, -0.2) is 29.5 Å². The molecule has 0 saturated heterocycles. The van der Waals surface area contributed by atoms with Gasteiger partial charge in [-0.3, -0.25) is 14.3 Å². The zero-order valence-corrected chi connectivity index (χ0v) is 18.8. The van der Waals surface area contributed by atoms with Gasteiger partial charge in [-0.15, -0.1) is 0 Å². The normalized spacial score (nSPS) is 13.6. The van der Waals surface area contributed by atoms with Gasteiger partial charge in [0.15, 0.2) is 0 Å². The Hall–Kier alpha value is -2.31. The number of nitrogens with zero attached hydrogens (tertiary/aromatic N) is 3. The molecule has 0 bridgehead atoms. The molecule has 0 radical (unpaired) electrons. The Morgan fingerprint density at radius 2 is 1.87 bits per heavy atom. The van der Waals surface area contributed by atoms with Crippen molar-refractivity contribution in [1.82, 2.24) is 9.36 Å². The molecule has 3 aromatic rings. The van der Waals surface area contributed by atoms with Gasteiger partial charge in [-0.25, -0.2) is 17.8 Å². The number of benzene rings is 2. The quantitative estimate of drug-likeness (QED) is 0.505. The second kappa shape index (κ2) is 7.99. The molecule has 1 aliphatic rings. The summed E-state index contributed by atoms with van der Waals surface area (Å²) < 4.78 is 45.3. The minimum Gasteiger partial charge on any atom is -0.300 e. The first-order valence-corrected chi connectivity index (χ1v) is 11.6. The molecule has 2 aromatic carbocycles. The van der Waals surface area contributed by atoms with Crippen LogP contribution < -0.4 is 9.62 Å². The van der Waals surface area contributed by atoms with Crippen LogP contribution in [0.15, 0.2) is 35.5 Å². The first kappa shape index (κ1) is 21.9. The van der Waals surface area contributed by atoms with Gasteiger partial charge >= 0.3 is 0 Å². The minimum absolute atomic E-state index is 0.0482. The largest absolute Gasteiger partial charge is 0.300 e. The van der Waals surface area contributed by atoms with Gasteiger partial charge in [-0.1, -0.05) is 34.8 Å². The fraction of sp³-hybridized carbons (Fsp3) is 0.0588. The Morgan fingerprint density at radius 1 is 1.13 bits per heavy atom. The van der Waals surface area contributed by atoms with E-state index in [1.54, 1.807) is 0 Å². The van der Waals surface area contributed by atoms with Crippen molar-refractivity contribution in [1.29, 1.82) is 0 Å². The summed E-state index contributed by atoms with van der Waals surface area (Å²) in [5.74, 6) is -2.87. The van der Waals surface area contributed by atoms with Gasteiger partial charge in [0, 0.05) is 16.6 Å². The van der Waals surface area contributed by atoms with Crippen LogP contribution in [-0.2, 0) is 21.4 Å². The molecule has 2 heterocycles. The van der Waals surface area contributed by atoms with Crippen LogP contribution in [0.2, 0.25) is 15.1 Å². The average Bonchev–Trinajstić information content (AvgIpc) is 3.29. The molecule has 1 aliphatic heterocycles. The van der Waals surface area contributed by atoms with Gasteiger partial charge in [-0.05, 0) is 29.8 Å².